The van der Waals surface area contributed by atoms with Crippen LogP contribution in [0.15, 0.2) is 5.29 Å². The van der Waals surface area contributed by atoms with Crippen LogP contribution in [0.1, 0.15) is 20.8 Å². The highest BCUT2D eigenvalue weighted by molar-refractivity contribution is 4.85. The van der Waals surface area contributed by atoms with Crippen LogP contribution in [-0.4, -0.2) is 35.5 Å². The van der Waals surface area contributed by atoms with Gasteiger partial charge in [-0.3, -0.25) is 0 Å². The van der Waals surface area contributed by atoms with Gasteiger partial charge in [0.25, 0.3) is 0 Å². The van der Waals surface area contributed by atoms with Gasteiger partial charge in [0.15, 0.2) is 11.3 Å². The summed E-state index contributed by atoms with van der Waals surface area (Å²) in [6.45, 7) is 7.29. The Hall–Kier alpha value is -1.19. The Morgan fingerprint density at radius 1 is 1.64 bits per heavy atom. The summed E-state index contributed by atoms with van der Waals surface area (Å²) in [6.07, 6.45) is 0. The van der Waals surface area contributed by atoms with Crippen molar-refractivity contribution in [3.05, 3.63) is 9.86 Å². The van der Waals surface area contributed by atoms with Gasteiger partial charge in [-0.1, -0.05) is 0 Å². The molecule has 0 atom stereocenters. The third-order valence-electron chi connectivity index (χ3n) is 2.08. The third-order valence-corrected chi connectivity index (χ3v) is 2.08. The van der Waals surface area contributed by atoms with Gasteiger partial charge in [-0.15, -0.1) is 5.01 Å². The zero-order chi connectivity index (χ0) is 10.6. The molecule has 78 valence electrons. The van der Waals surface area contributed by atoms with Crippen LogP contribution in [0.3, 0.4) is 0 Å². The quantitative estimate of drug-likeness (QED) is 0.496. The summed E-state index contributed by atoms with van der Waals surface area (Å²) in [6, 6.07) is 2.53. The van der Waals surface area contributed by atoms with Gasteiger partial charge in [-0.25, -0.2) is 0 Å². The standard InChI is InChI=1S/C8H15N4O2/c1-4-9-12(10-13)11-5-6-14-7-8(11,2)3/h5-7H2,1-3H3/q+1. The molecule has 1 fully saturated rings. The number of nitroso groups, excluding NO2 is 1. The summed E-state index contributed by atoms with van der Waals surface area (Å²) in [5.74, 6) is 0. The molecule has 6 nitrogen and oxygen atoms in total. The van der Waals surface area contributed by atoms with E-state index in [1.54, 1.807) is 11.9 Å². The Morgan fingerprint density at radius 2 is 2.36 bits per heavy atom. The summed E-state index contributed by atoms with van der Waals surface area (Å²) in [4.78, 5) is 14.3. The van der Waals surface area contributed by atoms with E-state index in [0.29, 0.717) is 19.8 Å². The van der Waals surface area contributed by atoms with Gasteiger partial charge in [0.2, 0.25) is 0 Å². The number of hydrogen-bond donors (Lipinski definition) is 0. The topological polar surface area (TPSA) is 49.5 Å². The molecular weight excluding hydrogens is 184 g/mol. The Labute approximate surface area is 83.1 Å². The lowest BCUT2D eigenvalue weighted by Crippen LogP contribution is -2.57. The van der Waals surface area contributed by atoms with E-state index in [4.69, 9.17) is 4.74 Å². The molecule has 1 aliphatic rings. The van der Waals surface area contributed by atoms with Crippen molar-refractivity contribution in [2.24, 2.45) is 5.29 Å². The SMILES string of the molecule is CC#[N+]N(N=O)N1CCOCC1(C)C. The fourth-order valence-electron chi connectivity index (χ4n) is 1.39. The van der Waals surface area contributed by atoms with Crippen molar-refractivity contribution in [3.8, 4) is 6.07 Å². The largest absolute Gasteiger partial charge is 0.378 e. The van der Waals surface area contributed by atoms with Gasteiger partial charge in [0, 0.05) is 11.8 Å². The van der Waals surface area contributed by atoms with Gasteiger partial charge in [0.05, 0.1) is 25.3 Å². The molecule has 0 saturated carbocycles. The van der Waals surface area contributed by atoms with Gasteiger partial charge in [-0.2, -0.15) is 0 Å². The minimum atomic E-state index is -0.271. The highest BCUT2D eigenvalue weighted by Gasteiger charge is 2.40. The van der Waals surface area contributed by atoms with Crippen molar-refractivity contribution >= 4 is 0 Å². The number of hydrazine groups is 1. The maximum Gasteiger partial charge on any atom is 0.340 e. The lowest BCUT2D eigenvalue weighted by atomic mass is 10.1. The van der Waals surface area contributed by atoms with Gasteiger partial charge in [0.1, 0.15) is 0 Å². The fraction of sp³-hybridized carbons (Fsp3) is 0.875. The van der Waals surface area contributed by atoms with E-state index in [-0.39, 0.29) is 5.54 Å². The minimum Gasteiger partial charge on any atom is -0.378 e. The lowest BCUT2D eigenvalue weighted by Gasteiger charge is -2.37. The van der Waals surface area contributed by atoms with E-state index < -0.39 is 0 Å². The first-order valence-corrected chi connectivity index (χ1v) is 4.48. The smallest absolute Gasteiger partial charge is 0.340 e. The zero-order valence-electron chi connectivity index (χ0n) is 8.73. The predicted molar refractivity (Wildman–Crippen MR) is 52.2 cm³/mol. The Morgan fingerprint density at radius 3 is 2.86 bits per heavy atom. The summed E-state index contributed by atoms with van der Waals surface area (Å²) < 4.78 is 5.31. The molecule has 0 N–H and O–H groups in total. The molecule has 0 bridgehead atoms. The van der Waals surface area contributed by atoms with Crippen LogP contribution in [0.4, 0.5) is 0 Å². The van der Waals surface area contributed by atoms with E-state index in [2.05, 4.69) is 16.3 Å². The Bertz CT molecular complexity index is 268. The molecule has 0 amide bonds. The summed E-state index contributed by atoms with van der Waals surface area (Å²) >= 11 is 0. The highest BCUT2D eigenvalue weighted by atomic mass is 16.5. The molecule has 0 spiro atoms. The number of rotatable bonds is 2. The third kappa shape index (κ3) is 2.19. The van der Waals surface area contributed by atoms with E-state index in [9.17, 15) is 4.91 Å². The number of hydrogen-bond acceptors (Lipinski definition) is 4. The average Bonchev–Trinajstić information content (AvgIpc) is 2.14. The highest BCUT2D eigenvalue weighted by Crippen LogP contribution is 2.21. The number of nitrogens with zero attached hydrogens (tertiary/aromatic N) is 4. The predicted octanol–water partition coefficient (Wildman–Crippen LogP) is 1.26. The van der Waals surface area contributed by atoms with E-state index in [1.807, 2.05) is 13.8 Å². The van der Waals surface area contributed by atoms with Crippen LogP contribution < -0.4 is 0 Å². The number of ether oxygens (including phenoxy) is 1. The maximum absolute atomic E-state index is 10.5. The molecule has 1 rings (SSSR count). The molecule has 0 aromatic rings. The Kier molecular flexibility index (Phi) is 3.38. The molecule has 6 heteroatoms. The van der Waals surface area contributed by atoms with Crippen LogP contribution in [-0.2, 0) is 4.74 Å². The molecule has 14 heavy (non-hydrogen) atoms. The average molecular weight is 199 g/mol. The number of morpholine rings is 1. The van der Waals surface area contributed by atoms with Gasteiger partial charge < -0.3 is 4.74 Å². The van der Waals surface area contributed by atoms with Crippen molar-refractivity contribution < 1.29 is 4.74 Å². The first kappa shape index (κ1) is 10.9. The second-order valence-corrected chi connectivity index (χ2v) is 3.66. The maximum atomic E-state index is 10.5. The van der Waals surface area contributed by atoms with Crippen LogP contribution in [0.5, 0.6) is 0 Å². The van der Waals surface area contributed by atoms with E-state index in [0.717, 1.165) is 5.23 Å². The van der Waals surface area contributed by atoms with Crippen LogP contribution >= 0.6 is 0 Å². The molecule has 1 heterocycles. The summed E-state index contributed by atoms with van der Waals surface area (Å²) in [7, 11) is 0. The molecule has 1 aliphatic heterocycles. The van der Waals surface area contributed by atoms with E-state index in [1.165, 1.54) is 0 Å². The van der Waals surface area contributed by atoms with Crippen LogP contribution in [0.2, 0.25) is 0 Å². The molecule has 1 saturated heterocycles. The monoisotopic (exact) mass is 199 g/mol. The fourth-order valence-corrected chi connectivity index (χ4v) is 1.39. The van der Waals surface area contributed by atoms with Crippen molar-refractivity contribution in [3.63, 3.8) is 0 Å². The molecule has 0 radical (unpaired) electrons. The molecular formula is C8H15N4O2+. The van der Waals surface area contributed by atoms with Crippen LogP contribution in [0.25, 0.3) is 4.95 Å². The second kappa shape index (κ2) is 4.35. The molecule has 0 unspecified atom stereocenters. The summed E-state index contributed by atoms with van der Waals surface area (Å²) in [5.41, 5.74) is -0.271. The molecule has 0 aromatic heterocycles. The van der Waals surface area contributed by atoms with Crippen molar-refractivity contribution in [1.82, 2.24) is 10.2 Å². The molecule has 0 aromatic carbocycles. The second-order valence-electron chi connectivity index (χ2n) is 3.66. The summed E-state index contributed by atoms with van der Waals surface area (Å²) in [5, 5.41) is 5.62. The van der Waals surface area contributed by atoms with Crippen molar-refractivity contribution in [1.29, 1.82) is 0 Å². The first-order chi connectivity index (χ1) is 6.61. The first-order valence-electron chi connectivity index (χ1n) is 4.48. The van der Waals surface area contributed by atoms with E-state index >= 15 is 0 Å². The van der Waals surface area contributed by atoms with Gasteiger partial charge in [-0.05, 0) is 18.8 Å². The van der Waals surface area contributed by atoms with Gasteiger partial charge >= 0.3 is 5.29 Å². The van der Waals surface area contributed by atoms with Crippen molar-refractivity contribution in [2.75, 3.05) is 19.8 Å². The normalized spacial score (nSPS) is 20.8. The minimum absolute atomic E-state index is 0.271. The van der Waals surface area contributed by atoms with Crippen molar-refractivity contribution in [2.45, 2.75) is 26.3 Å². The van der Waals surface area contributed by atoms with Crippen LogP contribution in [0, 0.1) is 11.0 Å². The molecule has 0 aliphatic carbocycles. The lowest BCUT2D eigenvalue weighted by molar-refractivity contribution is -0.146. The zero-order valence-corrected chi connectivity index (χ0v) is 8.73. The Balaban J connectivity index is 2.79.